The lowest BCUT2D eigenvalue weighted by Gasteiger charge is -2.46. The monoisotopic (exact) mass is 775 g/mol. The molecule has 3 rings (SSSR count). The van der Waals surface area contributed by atoms with E-state index in [2.05, 4.69) is 0 Å². The number of carbonyl (C=O) groups excluding carboxylic acids is 3. The first-order chi connectivity index (χ1) is 25.5. The van der Waals surface area contributed by atoms with E-state index in [1.807, 2.05) is 20.8 Å². The Balaban J connectivity index is 1.91. The van der Waals surface area contributed by atoms with Crippen LogP contribution in [0.2, 0.25) is 0 Å². The first-order valence-corrected chi connectivity index (χ1v) is 19.7. The number of hydrogen-bond donors (Lipinski definition) is 4. The first kappa shape index (κ1) is 46.8. The van der Waals surface area contributed by atoms with Crippen molar-refractivity contribution in [1.82, 2.24) is 4.90 Å². The van der Waals surface area contributed by atoms with Gasteiger partial charge in [-0.3, -0.25) is 9.59 Å². The van der Waals surface area contributed by atoms with Crippen LogP contribution in [0.15, 0.2) is 0 Å². The molecule has 0 aromatic carbocycles. The Morgan fingerprint density at radius 3 is 2.06 bits per heavy atom. The molecule has 0 aromatic heterocycles. The molecule has 314 valence electrons. The van der Waals surface area contributed by atoms with E-state index in [9.17, 15) is 34.8 Å². The minimum absolute atomic E-state index is 0.00932. The van der Waals surface area contributed by atoms with Gasteiger partial charge in [0.05, 0.1) is 49.6 Å². The van der Waals surface area contributed by atoms with Crippen molar-refractivity contribution in [2.45, 2.75) is 166 Å². The molecule has 3 aliphatic rings. The maximum absolute atomic E-state index is 13.6. The van der Waals surface area contributed by atoms with E-state index >= 15 is 0 Å². The number of aldehydes is 1. The number of esters is 1. The second-order valence-corrected chi connectivity index (χ2v) is 16.2. The van der Waals surface area contributed by atoms with Gasteiger partial charge in [0.1, 0.15) is 42.6 Å². The number of hydrogen-bond acceptors (Lipinski definition) is 15. The molecular weight excluding hydrogens is 706 g/mol. The van der Waals surface area contributed by atoms with Crippen LogP contribution in [-0.2, 0) is 47.5 Å². The quantitative estimate of drug-likeness (QED) is 0.175. The van der Waals surface area contributed by atoms with Crippen LogP contribution in [0.1, 0.15) is 86.5 Å². The van der Waals surface area contributed by atoms with Gasteiger partial charge in [-0.05, 0) is 65.5 Å². The minimum atomic E-state index is -1.29. The number of methoxy groups -OCH3 is 2. The molecule has 18 atom stereocenters. The van der Waals surface area contributed by atoms with Crippen molar-refractivity contribution in [3.63, 3.8) is 0 Å². The molecule has 3 heterocycles. The second kappa shape index (κ2) is 21.8. The molecule has 0 radical (unpaired) electrons. The van der Waals surface area contributed by atoms with Crippen molar-refractivity contribution in [2.24, 2.45) is 29.6 Å². The predicted octanol–water partition coefficient (Wildman–Crippen LogP) is 1.87. The number of aliphatic hydroxyl groups is 4. The van der Waals surface area contributed by atoms with E-state index in [-0.39, 0.29) is 49.9 Å². The van der Waals surface area contributed by atoms with Gasteiger partial charge in [0.25, 0.3) is 0 Å². The van der Waals surface area contributed by atoms with Gasteiger partial charge in [0.2, 0.25) is 0 Å². The molecule has 0 amide bonds. The van der Waals surface area contributed by atoms with Gasteiger partial charge >= 0.3 is 5.97 Å². The van der Waals surface area contributed by atoms with Crippen molar-refractivity contribution < 1.29 is 68.0 Å². The van der Waals surface area contributed by atoms with Crippen LogP contribution in [-0.4, -0.2) is 158 Å². The highest BCUT2D eigenvalue weighted by Crippen LogP contribution is 2.35. The minimum Gasteiger partial charge on any atom is -0.462 e. The van der Waals surface area contributed by atoms with E-state index in [4.69, 9.17) is 33.2 Å². The van der Waals surface area contributed by atoms with Crippen LogP contribution in [0.5, 0.6) is 0 Å². The molecule has 54 heavy (non-hydrogen) atoms. The van der Waals surface area contributed by atoms with E-state index < -0.39 is 103 Å². The highest BCUT2D eigenvalue weighted by atomic mass is 16.7. The van der Waals surface area contributed by atoms with Gasteiger partial charge in [0.15, 0.2) is 12.6 Å². The zero-order valence-corrected chi connectivity index (χ0v) is 33.9. The molecule has 3 fully saturated rings. The molecule has 0 aromatic rings. The third-order valence-electron chi connectivity index (χ3n) is 11.8. The van der Waals surface area contributed by atoms with Crippen LogP contribution in [0.3, 0.4) is 0 Å². The van der Waals surface area contributed by atoms with E-state index in [0.29, 0.717) is 19.3 Å². The third kappa shape index (κ3) is 11.9. The molecular formula is C39H69NO14. The fraction of sp³-hybridized carbons (Fsp3) is 0.923. The van der Waals surface area contributed by atoms with Crippen molar-refractivity contribution in [3.05, 3.63) is 0 Å². The number of ketones is 1. The number of carbonyl (C=O) groups is 3. The van der Waals surface area contributed by atoms with Crippen molar-refractivity contribution in [3.8, 4) is 0 Å². The van der Waals surface area contributed by atoms with Gasteiger partial charge in [-0.15, -0.1) is 0 Å². The summed E-state index contributed by atoms with van der Waals surface area (Å²) in [7, 11) is 6.42. The van der Waals surface area contributed by atoms with Gasteiger partial charge in [0, 0.05) is 44.8 Å². The third-order valence-corrected chi connectivity index (χ3v) is 11.8. The van der Waals surface area contributed by atoms with Crippen molar-refractivity contribution in [2.75, 3.05) is 34.9 Å². The molecule has 3 saturated heterocycles. The molecule has 11 unspecified atom stereocenters. The highest BCUT2D eigenvalue weighted by molar-refractivity contribution is 5.80. The van der Waals surface area contributed by atoms with E-state index in [0.717, 1.165) is 6.29 Å². The smallest absolute Gasteiger partial charge is 0.308 e. The summed E-state index contributed by atoms with van der Waals surface area (Å²) in [5.41, 5.74) is 0. The topological polar surface area (TPSA) is 200 Å². The summed E-state index contributed by atoms with van der Waals surface area (Å²) in [5.74, 6) is -2.66. The van der Waals surface area contributed by atoms with Crippen molar-refractivity contribution in [1.29, 1.82) is 0 Å². The Labute approximate surface area is 321 Å². The average molecular weight is 776 g/mol. The summed E-state index contributed by atoms with van der Waals surface area (Å²) in [6.45, 7) is 11.0. The maximum atomic E-state index is 13.6. The summed E-state index contributed by atoms with van der Waals surface area (Å²) < 4.78 is 41.9. The number of nitrogens with zero attached hydrogens (tertiary/aromatic N) is 1. The van der Waals surface area contributed by atoms with Crippen LogP contribution in [0.4, 0.5) is 0 Å². The molecule has 0 spiro atoms. The first-order valence-electron chi connectivity index (χ1n) is 19.7. The SMILES string of the molecule is CC[C@H]1OC(=O)C[C@@H](O)[C@H](C)[C@@H](OC2OC(C)C(O)C(N(C)C)C2O)[C@@H](CC=O)C[C@@H](C)C(=O)CCC(C)C[C@@H]1COC1OC(C)C(O)C(OC)C1OC. The Morgan fingerprint density at radius 1 is 0.833 bits per heavy atom. The molecule has 0 bridgehead atoms. The van der Waals surface area contributed by atoms with Gasteiger partial charge in [-0.25, -0.2) is 0 Å². The lowest BCUT2D eigenvalue weighted by molar-refractivity contribution is -0.305. The fourth-order valence-electron chi connectivity index (χ4n) is 8.39. The number of rotatable bonds is 11. The lowest BCUT2D eigenvalue weighted by Crippen LogP contribution is -2.63. The van der Waals surface area contributed by atoms with Gasteiger partial charge < -0.3 is 63.3 Å². The zero-order chi connectivity index (χ0) is 40.4. The highest BCUT2D eigenvalue weighted by Gasteiger charge is 2.48. The lowest BCUT2D eigenvalue weighted by atomic mass is 9.79. The fourth-order valence-corrected chi connectivity index (χ4v) is 8.39. The van der Waals surface area contributed by atoms with Crippen LogP contribution >= 0.6 is 0 Å². The Kier molecular flexibility index (Phi) is 18.8. The van der Waals surface area contributed by atoms with Gasteiger partial charge in [-0.1, -0.05) is 27.7 Å². The van der Waals surface area contributed by atoms with Crippen LogP contribution < -0.4 is 0 Å². The molecule has 15 nitrogen and oxygen atoms in total. The molecule has 0 aliphatic carbocycles. The normalized spacial score (nSPS) is 43.8. The molecule has 0 saturated carbocycles. The summed E-state index contributed by atoms with van der Waals surface area (Å²) >= 11 is 0. The predicted molar refractivity (Wildman–Crippen MR) is 196 cm³/mol. The van der Waals surface area contributed by atoms with E-state index in [1.165, 1.54) is 14.2 Å². The summed E-state index contributed by atoms with van der Waals surface area (Å²) in [6, 6.07) is -0.725. The zero-order valence-electron chi connectivity index (χ0n) is 33.9. The Morgan fingerprint density at radius 2 is 1.46 bits per heavy atom. The summed E-state index contributed by atoms with van der Waals surface area (Å²) in [6.07, 6.45) is -8.30. The summed E-state index contributed by atoms with van der Waals surface area (Å²) in [4.78, 5) is 41.0. The number of ether oxygens (including phenoxy) is 7. The number of Topliss-reactive ketones (excluding diaryl/α,β-unsaturated/α-hetero) is 1. The van der Waals surface area contributed by atoms with Crippen molar-refractivity contribution >= 4 is 18.0 Å². The summed E-state index contributed by atoms with van der Waals surface area (Å²) in [5, 5.41) is 44.3. The van der Waals surface area contributed by atoms with E-state index in [1.54, 1.807) is 39.8 Å². The maximum Gasteiger partial charge on any atom is 0.308 e. The number of aliphatic hydroxyl groups excluding tert-OH is 4. The standard InChI is InChI=1S/C39H69NO14/c1-11-29-26(19-50-39-37(49-10)36(48-9)33(46)24(6)52-39)16-20(2)12-13-27(42)21(3)17-25(14-15-41)35(22(4)28(43)18-30(44)53-29)54-38-34(47)31(40(7)8)32(45)23(5)51-38/h15,20-26,28-29,31-39,43,45-47H,11-14,16-19H2,1-10H3/t20?,21-,22+,23?,24?,25+,26-,28-,29-,31?,32?,33?,34?,35-,36?,37?,38?,39?/m1/s1. The number of likely N-dealkylation sites (N-methyl/N-ethyl adjacent to an activating group) is 1. The Bertz CT molecular complexity index is 1160. The number of cyclic esters (lactones) is 1. The average Bonchev–Trinajstić information content (AvgIpc) is 3.12. The molecule has 15 heteroatoms. The molecule has 4 N–H and O–H groups in total. The second-order valence-electron chi connectivity index (χ2n) is 16.2. The largest absolute Gasteiger partial charge is 0.462 e. The van der Waals surface area contributed by atoms with Gasteiger partial charge in [-0.2, -0.15) is 0 Å². The van der Waals surface area contributed by atoms with Crippen LogP contribution in [0.25, 0.3) is 0 Å². The van der Waals surface area contributed by atoms with Crippen LogP contribution in [0, 0.1) is 29.6 Å². The Hall–Kier alpha value is -1.63. The molecule has 3 aliphatic heterocycles.